The Morgan fingerprint density at radius 1 is 0.549 bits per heavy atom. The van der Waals surface area contributed by atoms with Crippen molar-refractivity contribution in [3.05, 3.63) is 109 Å². The molecule has 0 aromatic heterocycles. The third kappa shape index (κ3) is 34.6. The topological polar surface area (TPSA) is 296 Å². The highest BCUT2D eigenvalue weighted by molar-refractivity contribution is 7.47. The van der Waals surface area contributed by atoms with Crippen molar-refractivity contribution >= 4 is 27.6 Å². The lowest BCUT2D eigenvalue weighted by Gasteiger charge is -2.43. The SMILES string of the molecule is CC/C=C\C[C@H](O)/C=C/C=C\C/C=C\C=C\[C@H](O)/C=C\CCCC(=O)O[C@H](COC(=O)CCC/C=C\C/C=C\C/C=C\CCCCCCCC)COP(=O)(O)O[C@H]1C(O)C(O)C(O)[C@@H](OP(=O)(O)O)C1O. The molecule has 0 spiro atoms. The number of carbonyl (C=O) groups is 2. The van der Waals surface area contributed by atoms with Crippen LogP contribution in [0.2, 0.25) is 0 Å². The van der Waals surface area contributed by atoms with Crippen molar-refractivity contribution in [2.45, 2.75) is 184 Å². The molecule has 1 aliphatic carbocycles. The van der Waals surface area contributed by atoms with E-state index in [9.17, 15) is 64.0 Å². The average Bonchev–Trinajstić information content (AvgIpc) is 3.32. The molecule has 0 aromatic carbocycles. The Kier molecular flexibility index (Phi) is 37.0. The quantitative estimate of drug-likeness (QED) is 0.00938. The number of aliphatic hydroxyl groups is 6. The van der Waals surface area contributed by atoms with E-state index in [0.29, 0.717) is 32.1 Å². The molecule has 1 saturated carbocycles. The van der Waals surface area contributed by atoms with Gasteiger partial charge in [0.1, 0.15) is 43.2 Å². The number of unbranched alkanes of at least 4 members (excludes halogenated alkanes) is 8. The van der Waals surface area contributed by atoms with Crippen LogP contribution in [0.15, 0.2) is 109 Å². The Labute approximate surface area is 420 Å². The lowest BCUT2D eigenvalue weighted by molar-refractivity contribution is -0.216. The number of aliphatic hydroxyl groups excluding tert-OH is 6. The maximum Gasteiger partial charge on any atom is 0.472 e. The van der Waals surface area contributed by atoms with E-state index in [1.807, 2.05) is 49.5 Å². The molecule has 1 aliphatic rings. The van der Waals surface area contributed by atoms with Crippen LogP contribution in [0.4, 0.5) is 0 Å². The zero-order valence-electron chi connectivity index (χ0n) is 41.3. The zero-order chi connectivity index (χ0) is 52.8. The second kappa shape index (κ2) is 40.0. The molecular formula is C51H82O18P2. The number of esters is 2. The fraction of sp³-hybridized carbons (Fsp3) is 0.608. The lowest BCUT2D eigenvalue weighted by Crippen LogP contribution is -2.64. The first kappa shape index (κ1) is 65.6. The van der Waals surface area contributed by atoms with Crippen LogP contribution in [-0.2, 0) is 41.8 Å². The number of ether oxygens (including phenoxy) is 2. The highest BCUT2D eigenvalue weighted by Gasteiger charge is 2.54. The van der Waals surface area contributed by atoms with Gasteiger partial charge in [0.15, 0.2) is 6.10 Å². The second-order valence-corrected chi connectivity index (χ2v) is 19.4. The lowest BCUT2D eigenvalue weighted by atomic mass is 9.85. The summed E-state index contributed by atoms with van der Waals surface area (Å²) < 4.78 is 49.2. The van der Waals surface area contributed by atoms with Crippen LogP contribution in [0, 0.1) is 0 Å². The van der Waals surface area contributed by atoms with Crippen LogP contribution in [0.3, 0.4) is 0 Å². The van der Waals surface area contributed by atoms with E-state index in [2.05, 4.69) is 35.8 Å². The Hall–Kier alpha value is -3.42. The van der Waals surface area contributed by atoms with Gasteiger partial charge in [-0.2, -0.15) is 0 Å². The van der Waals surface area contributed by atoms with E-state index in [1.54, 1.807) is 36.5 Å². The van der Waals surface area contributed by atoms with Crippen LogP contribution in [0.25, 0.3) is 0 Å². The first-order chi connectivity index (χ1) is 33.9. The Bertz CT molecular complexity index is 1820. The third-order valence-corrected chi connectivity index (χ3v) is 12.0. The van der Waals surface area contributed by atoms with E-state index >= 15 is 0 Å². The standard InChI is InChI=1S/C51H82O18P2/c1-3-5-7-8-9-10-11-12-13-14-15-16-17-18-22-25-31-37-44(54)65-39-43(40-66-71(63,64)69-51-48(58)46(56)47(57)50(49(51)59)68-70(60,61)62)67-45(55)38-32-26-30-36-42(53)35-29-24-21-19-20-23-28-34-41(52)33-27-6-4-2/h6,12-13,15-16,18,20-24,27-30,34-36,41-43,46-53,56-59H,3-5,7-11,14,17,19,25-26,31-33,37-40H2,1-2H3,(H,63,64)(H2,60,61,62)/b13-12-,16-15-,22-18-,23-20-,24-21-,27-6-,34-28+,35-29+,36-30-/t41-,42-,43+,46?,47?,48?,49?,50+,51-/m0/s1. The molecular weight excluding hydrogens is 962 g/mol. The molecule has 404 valence electrons. The van der Waals surface area contributed by atoms with Gasteiger partial charge in [0.05, 0.1) is 18.8 Å². The van der Waals surface area contributed by atoms with E-state index in [1.165, 1.54) is 44.6 Å². The highest BCUT2D eigenvalue weighted by atomic mass is 31.2. The van der Waals surface area contributed by atoms with E-state index in [4.69, 9.17) is 18.5 Å². The molecule has 71 heavy (non-hydrogen) atoms. The van der Waals surface area contributed by atoms with Crippen LogP contribution >= 0.6 is 15.6 Å². The van der Waals surface area contributed by atoms with Gasteiger partial charge in [-0.15, -0.1) is 0 Å². The summed E-state index contributed by atoms with van der Waals surface area (Å²) in [5, 5.41) is 61.4. The molecule has 9 N–H and O–H groups in total. The van der Waals surface area contributed by atoms with Crippen molar-refractivity contribution in [2.75, 3.05) is 13.2 Å². The summed E-state index contributed by atoms with van der Waals surface area (Å²) in [6, 6.07) is 0. The molecule has 0 heterocycles. The number of phosphoric ester groups is 2. The van der Waals surface area contributed by atoms with Gasteiger partial charge in [0.25, 0.3) is 0 Å². The summed E-state index contributed by atoms with van der Waals surface area (Å²) in [6.45, 7) is 2.70. The maximum atomic E-state index is 13.0. The summed E-state index contributed by atoms with van der Waals surface area (Å²) >= 11 is 0. The van der Waals surface area contributed by atoms with Gasteiger partial charge in [0, 0.05) is 12.8 Å². The summed E-state index contributed by atoms with van der Waals surface area (Å²) in [6.07, 6.45) is 31.1. The molecule has 0 aliphatic heterocycles. The van der Waals surface area contributed by atoms with Crippen molar-refractivity contribution in [1.82, 2.24) is 0 Å². The molecule has 0 bridgehead atoms. The van der Waals surface area contributed by atoms with Crippen LogP contribution in [0.1, 0.15) is 129 Å². The number of hydrogen-bond acceptors (Lipinski definition) is 15. The minimum Gasteiger partial charge on any atom is -0.462 e. The Balaban J connectivity index is 2.73. The fourth-order valence-electron chi connectivity index (χ4n) is 6.66. The van der Waals surface area contributed by atoms with Gasteiger partial charge in [-0.25, -0.2) is 9.13 Å². The third-order valence-electron chi connectivity index (χ3n) is 10.5. The van der Waals surface area contributed by atoms with E-state index in [0.717, 1.165) is 25.7 Å². The normalized spacial score (nSPS) is 22.7. The summed E-state index contributed by atoms with van der Waals surface area (Å²) in [4.78, 5) is 54.3. The van der Waals surface area contributed by atoms with Gasteiger partial charge >= 0.3 is 27.6 Å². The maximum absolute atomic E-state index is 13.0. The molecule has 0 amide bonds. The van der Waals surface area contributed by atoms with E-state index < -0.39 is 95.7 Å². The Morgan fingerprint density at radius 2 is 1.10 bits per heavy atom. The first-order valence-corrected chi connectivity index (χ1v) is 27.7. The molecule has 0 radical (unpaired) electrons. The first-order valence-electron chi connectivity index (χ1n) is 24.7. The smallest absolute Gasteiger partial charge is 0.462 e. The second-order valence-electron chi connectivity index (χ2n) is 16.8. The number of allylic oxidation sites excluding steroid dienone is 14. The summed E-state index contributed by atoms with van der Waals surface area (Å²) in [7, 11) is -10.8. The van der Waals surface area contributed by atoms with Crippen molar-refractivity contribution in [3.63, 3.8) is 0 Å². The molecule has 18 nitrogen and oxygen atoms in total. The summed E-state index contributed by atoms with van der Waals surface area (Å²) in [5.74, 6) is -1.46. The monoisotopic (exact) mass is 1040 g/mol. The van der Waals surface area contributed by atoms with Crippen molar-refractivity contribution in [3.8, 4) is 0 Å². The molecule has 0 saturated heterocycles. The Morgan fingerprint density at radius 3 is 1.73 bits per heavy atom. The van der Waals surface area contributed by atoms with E-state index in [-0.39, 0.29) is 19.3 Å². The molecule has 20 heteroatoms. The largest absolute Gasteiger partial charge is 0.472 e. The minimum atomic E-state index is -5.40. The number of hydrogen-bond donors (Lipinski definition) is 9. The molecule has 5 unspecified atom stereocenters. The van der Waals surface area contributed by atoms with Crippen LogP contribution in [-0.4, -0.2) is 125 Å². The summed E-state index contributed by atoms with van der Waals surface area (Å²) in [5.41, 5.74) is 0. The zero-order valence-corrected chi connectivity index (χ0v) is 43.1. The average molecular weight is 1050 g/mol. The number of phosphoric acid groups is 2. The highest BCUT2D eigenvalue weighted by Crippen LogP contribution is 2.49. The van der Waals surface area contributed by atoms with Gasteiger partial charge in [-0.3, -0.25) is 23.2 Å². The molecule has 0 aromatic rings. The predicted molar refractivity (Wildman–Crippen MR) is 271 cm³/mol. The van der Waals surface area contributed by atoms with Crippen molar-refractivity contribution < 1.29 is 87.1 Å². The van der Waals surface area contributed by atoms with Gasteiger partial charge < -0.3 is 54.8 Å². The van der Waals surface area contributed by atoms with Crippen molar-refractivity contribution in [1.29, 1.82) is 0 Å². The van der Waals surface area contributed by atoms with Gasteiger partial charge in [-0.1, -0.05) is 155 Å². The minimum absolute atomic E-state index is 0.000736. The fourth-order valence-corrected chi connectivity index (χ4v) is 8.20. The van der Waals surface area contributed by atoms with Crippen molar-refractivity contribution in [2.24, 2.45) is 0 Å². The van der Waals surface area contributed by atoms with Crippen LogP contribution in [0.5, 0.6) is 0 Å². The number of carbonyl (C=O) groups excluding carboxylic acids is 2. The predicted octanol–water partition coefficient (Wildman–Crippen LogP) is 7.67. The molecule has 10 atom stereocenters. The van der Waals surface area contributed by atoms with Crippen LogP contribution < -0.4 is 0 Å². The number of rotatable bonds is 39. The van der Waals surface area contributed by atoms with Gasteiger partial charge in [-0.05, 0) is 70.6 Å². The molecule has 1 fully saturated rings. The van der Waals surface area contributed by atoms with Gasteiger partial charge in [0.2, 0.25) is 0 Å². The molecule has 1 rings (SSSR count).